The number of amides is 1. The summed E-state index contributed by atoms with van der Waals surface area (Å²) < 4.78 is 5.87. The number of carboxylic acids is 1. The molecule has 1 N–H and O–H groups in total. The first kappa shape index (κ1) is 17.0. The molecule has 0 aromatic carbocycles. The highest BCUT2D eigenvalue weighted by molar-refractivity contribution is 5.90. The number of aliphatic carboxylic acids is 1. The third kappa shape index (κ3) is 2.81. The molecular weight excluding hydrogens is 306 g/mol. The minimum Gasteiger partial charge on any atom is -0.481 e. The maximum atomic E-state index is 12.7. The van der Waals surface area contributed by atoms with Gasteiger partial charge in [-0.2, -0.15) is 0 Å². The molecule has 5 heteroatoms. The minimum atomic E-state index is -0.945. The van der Waals surface area contributed by atoms with E-state index in [4.69, 9.17) is 4.74 Å². The summed E-state index contributed by atoms with van der Waals surface area (Å²) in [7, 11) is 0. The van der Waals surface area contributed by atoms with Crippen LogP contribution in [0.25, 0.3) is 0 Å². The van der Waals surface area contributed by atoms with Crippen molar-refractivity contribution in [3.8, 4) is 0 Å². The Hall–Kier alpha value is -1.88. The zero-order chi connectivity index (χ0) is 17.5. The van der Waals surface area contributed by atoms with Gasteiger partial charge >= 0.3 is 5.97 Å². The molecule has 3 heterocycles. The van der Waals surface area contributed by atoms with Crippen molar-refractivity contribution in [1.29, 1.82) is 0 Å². The molecule has 0 aliphatic carbocycles. The number of carbonyl (C=O) groups is 2. The normalized spacial score (nSPS) is 34.0. The van der Waals surface area contributed by atoms with Crippen LogP contribution in [0.5, 0.6) is 0 Å². The predicted octanol–water partition coefficient (Wildman–Crippen LogP) is 2.55. The van der Waals surface area contributed by atoms with E-state index in [0.717, 1.165) is 12.8 Å². The molecule has 0 saturated carbocycles. The second-order valence-corrected chi connectivity index (χ2v) is 7.33. The van der Waals surface area contributed by atoms with Crippen LogP contribution in [-0.2, 0) is 14.3 Å². The van der Waals surface area contributed by atoms with Crippen LogP contribution in [0.3, 0.4) is 0 Å². The Morgan fingerprint density at radius 3 is 2.83 bits per heavy atom. The Balaban J connectivity index is 1.66. The summed E-state index contributed by atoms with van der Waals surface area (Å²) in [6, 6.07) is 0. The Kier molecular flexibility index (Phi) is 4.38. The zero-order valence-electron chi connectivity index (χ0n) is 14.5. The highest BCUT2D eigenvalue weighted by atomic mass is 16.5. The molecular formula is C19H25NO4. The van der Waals surface area contributed by atoms with Crippen molar-refractivity contribution in [2.75, 3.05) is 13.1 Å². The van der Waals surface area contributed by atoms with E-state index in [1.165, 1.54) is 11.1 Å². The molecule has 2 saturated heterocycles. The van der Waals surface area contributed by atoms with E-state index >= 15 is 0 Å². The lowest BCUT2D eigenvalue weighted by Crippen LogP contribution is -2.39. The van der Waals surface area contributed by atoms with Crippen molar-refractivity contribution in [2.24, 2.45) is 11.8 Å². The standard InChI is InChI=1S/C19H25NO4/c1-12(2)5-4-6-13(3)8-10-20-11-19-9-7-14(24-19)15(18(22)23)16(19)17(20)21/h5,7-9,14-16H,4,6,10-11H2,1-3H3,(H,22,23)/b13-8+/t14-,15+,16+,19-/m1/s1. The maximum absolute atomic E-state index is 12.7. The molecule has 24 heavy (non-hydrogen) atoms. The quantitative estimate of drug-likeness (QED) is 0.760. The van der Waals surface area contributed by atoms with Gasteiger partial charge in [-0.3, -0.25) is 9.59 Å². The van der Waals surface area contributed by atoms with Crippen LogP contribution in [0.4, 0.5) is 0 Å². The topological polar surface area (TPSA) is 66.8 Å². The molecule has 130 valence electrons. The Morgan fingerprint density at radius 1 is 1.42 bits per heavy atom. The average molecular weight is 331 g/mol. The van der Waals surface area contributed by atoms with Crippen molar-refractivity contribution < 1.29 is 19.4 Å². The maximum Gasteiger partial charge on any atom is 0.310 e. The van der Waals surface area contributed by atoms with Gasteiger partial charge in [-0.05, 0) is 33.6 Å². The number of carbonyl (C=O) groups excluding carboxylic acids is 1. The lowest BCUT2D eigenvalue weighted by molar-refractivity contribution is -0.147. The third-order valence-corrected chi connectivity index (χ3v) is 5.22. The number of hydrogen-bond donors (Lipinski definition) is 1. The second kappa shape index (κ2) is 6.20. The largest absolute Gasteiger partial charge is 0.481 e. The fraction of sp³-hybridized carbons (Fsp3) is 0.579. The van der Waals surface area contributed by atoms with E-state index in [-0.39, 0.29) is 5.91 Å². The fourth-order valence-corrected chi connectivity index (χ4v) is 3.97. The molecule has 2 fully saturated rings. The number of rotatable bonds is 6. The lowest BCUT2D eigenvalue weighted by Gasteiger charge is -2.21. The molecule has 0 radical (unpaired) electrons. The monoisotopic (exact) mass is 331 g/mol. The Bertz CT molecular complexity index is 644. The molecule has 5 nitrogen and oxygen atoms in total. The van der Waals surface area contributed by atoms with Gasteiger partial charge < -0.3 is 14.7 Å². The molecule has 1 amide bonds. The highest BCUT2D eigenvalue weighted by Gasteiger charge is 2.66. The Labute approximate surface area is 142 Å². The highest BCUT2D eigenvalue weighted by Crippen LogP contribution is 2.51. The zero-order valence-corrected chi connectivity index (χ0v) is 14.5. The van der Waals surface area contributed by atoms with Gasteiger partial charge in [0.1, 0.15) is 11.5 Å². The Morgan fingerprint density at radius 2 is 2.17 bits per heavy atom. The van der Waals surface area contributed by atoms with Crippen molar-refractivity contribution >= 4 is 11.9 Å². The van der Waals surface area contributed by atoms with Crippen LogP contribution in [0.1, 0.15) is 33.6 Å². The van der Waals surface area contributed by atoms with Gasteiger partial charge in [0.15, 0.2) is 0 Å². The second-order valence-electron chi connectivity index (χ2n) is 7.33. The van der Waals surface area contributed by atoms with Gasteiger partial charge in [-0.25, -0.2) is 0 Å². The van der Waals surface area contributed by atoms with E-state index in [1.807, 2.05) is 6.08 Å². The summed E-state index contributed by atoms with van der Waals surface area (Å²) >= 11 is 0. The van der Waals surface area contributed by atoms with Gasteiger partial charge in [0, 0.05) is 6.54 Å². The first-order chi connectivity index (χ1) is 11.3. The van der Waals surface area contributed by atoms with Gasteiger partial charge in [-0.15, -0.1) is 0 Å². The van der Waals surface area contributed by atoms with Crippen LogP contribution in [0.15, 0.2) is 35.5 Å². The summed E-state index contributed by atoms with van der Waals surface area (Å²) in [6.07, 6.45) is 9.48. The van der Waals surface area contributed by atoms with Gasteiger partial charge in [-0.1, -0.05) is 35.5 Å². The number of hydrogen-bond acceptors (Lipinski definition) is 3. The summed E-state index contributed by atoms with van der Waals surface area (Å²) in [4.78, 5) is 26.0. The van der Waals surface area contributed by atoms with Crippen molar-refractivity contribution in [3.05, 3.63) is 35.5 Å². The van der Waals surface area contributed by atoms with Crippen molar-refractivity contribution in [1.82, 2.24) is 4.90 Å². The summed E-state index contributed by atoms with van der Waals surface area (Å²) in [5.41, 5.74) is 1.82. The van der Waals surface area contributed by atoms with Gasteiger partial charge in [0.25, 0.3) is 0 Å². The average Bonchev–Trinajstić information content (AvgIpc) is 3.13. The van der Waals surface area contributed by atoms with Crippen molar-refractivity contribution in [3.63, 3.8) is 0 Å². The third-order valence-electron chi connectivity index (χ3n) is 5.22. The molecule has 2 bridgehead atoms. The summed E-state index contributed by atoms with van der Waals surface area (Å²) in [5, 5.41) is 9.44. The lowest BCUT2D eigenvalue weighted by atomic mass is 9.77. The number of fused-ring (bicyclic) bond motifs is 1. The van der Waals surface area contributed by atoms with E-state index in [9.17, 15) is 14.7 Å². The van der Waals surface area contributed by atoms with E-state index in [0.29, 0.717) is 13.1 Å². The van der Waals surface area contributed by atoms with Crippen LogP contribution >= 0.6 is 0 Å². The minimum absolute atomic E-state index is 0.0948. The van der Waals surface area contributed by atoms with Crippen LogP contribution in [-0.4, -0.2) is 46.7 Å². The van der Waals surface area contributed by atoms with Crippen molar-refractivity contribution in [2.45, 2.75) is 45.3 Å². The van der Waals surface area contributed by atoms with Gasteiger partial charge in [0.05, 0.1) is 18.6 Å². The number of ether oxygens (including phenoxy) is 1. The first-order valence-electron chi connectivity index (χ1n) is 8.52. The number of carboxylic acid groups (broad SMARTS) is 1. The molecule has 1 spiro atoms. The first-order valence-corrected chi connectivity index (χ1v) is 8.52. The number of allylic oxidation sites excluding steroid dienone is 3. The molecule has 3 rings (SSSR count). The summed E-state index contributed by atoms with van der Waals surface area (Å²) in [6.45, 7) is 7.21. The predicted molar refractivity (Wildman–Crippen MR) is 90.4 cm³/mol. The molecule has 4 atom stereocenters. The van der Waals surface area contributed by atoms with E-state index < -0.39 is 29.5 Å². The number of likely N-dealkylation sites (tertiary alicyclic amines) is 1. The molecule has 3 aliphatic rings. The van der Waals surface area contributed by atoms with Crippen LogP contribution in [0.2, 0.25) is 0 Å². The van der Waals surface area contributed by atoms with Crippen LogP contribution in [0, 0.1) is 11.8 Å². The number of nitrogens with zero attached hydrogens (tertiary/aromatic N) is 1. The summed E-state index contributed by atoms with van der Waals surface area (Å²) in [5.74, 6) is -2.37. The SMILES string of the molecule is CC(C)=CCC/C(C)=C/CN1C[C@@]23C=C[C@@H](O2)[C@H](C(=O)O)[C@H]3C1=O. The molecule has 0 aromatic heterocycles. The molecule has 3 aliphatic heterocycles. The fourth-order valence-electron chi connectivity index (χ4n) is 3.97. The van der Waals surface area contributed by atoms with E-state index in [1.54, 1.807) is 11.0 Å². The van der Waals surface area contributed by atoms with Crippen LogP contribution < -0.4 is 0 Å². The van der Waals surface area contributed by atoms with E-state index in [2.05, 4.69) is 32.9 Å². The molecule has 0 unspecified atom stereocenters. The van der Waals surface area contributed by atoms with Gasteiger partial charge in [0.2, 0.25) is 5.91 Å². The smallest absolute Gasteiger partial charge is 0.310 e. The molecule has 0 aromatic rings.